The molecule has 0 bridgehead atoms. The molecule has 1 saturated heterocycles. The van der Waals surface area contributed by atoms with Crippen molar-refractivity contribution in [3.63, 3.8) is 0 Å². The van der Waals surface area contributed by atoms with Crippen LogP contribution in [0.15, 0.2) is 72.3 Å². The van der Waals surface area contributed by atoms with E-state index < -0.39 is 11.7 Å². The van der Waals surface area contributed by atoms with E-state index in [9.17, 15) is 22.8 Å². The van der Waals surface area contributed by atoms with Crippen LogP contribution in [0, 0.1) is 0 Å². The van der Waals surface area contributed by atoms with Crippen LogP contribution in [0.3, 0.4) is 0 Å². The molecule has 1 aromatic heterocycles. The predicted octanol–water partition coefficient (Wildman–Crippen LogP) is 7.93. The number of fused-ring (bicyclic) bond motifs is 1. The van der Waals surface area contributed by atoms with Gasteiger partial charge in [0.25, 0.3) is 5.91 Å². The Morgan fingerprint density at radius 3 is 2.36 bits per heavy atom. The molecule has 3 aromatic carbocycles. The van der Waals surface area contributed by atoms with E-state index in [2.05, 4.69) is 15.6 Å². The minimum atomic E-state index is -4.42. The zero-order chi connectivity index (χ0) is 27.6. The number of benzene rings is 3. The Balaban J connectivity index is 1.16. The molecule has 1 fully saturated rings. The second-order valence-corrected chi connectivity index (χ2v) is 10.4. The molecule has 39 heavy (non-hydrogen) atoms. The summed E-state index contributed by atoms with van der Waals surface area (Å²) >= 11 is 7.82. The van der Waals surface area contributed by atoms with Crippen LogP contribution in [0.25, 0.3) is 16.3 Å². The largest absolute Gasteiger partial charge is 0.416 e. The first kappa shape index (κ1) is 26.7. The number of alkyl halides is 3. The van der Waals surface area contributed by atoms with E-state index in [1.54, 1.807) is 17.0 Å². The molecule has 1 aliphatic rings. The lowest BCUT2D eigenvalue weighted by atomic mass is 10.0. The molecule has 5 rings (SSSR count). The van der Waals surface area contributed by atoms with Gasteiger partial charge in [0.1, 0.15) is 0 Å². The average Bonchev–Trinajstić information content (AvgIpc) is 3.31. The van der Waals surface area contributed by atoms with Gasteiger partial charge in [-0.1, -0.05) is 52.8 Å². The molecule has 200 valence electrons. The Bertz CT molecular complexity index is 1520. The highest BCUT2D eigenvalue weighted by atomic mass is 35.5. The normalized spacial score (nSPS) is 13.8. The number of piperidine rings is 1. The summed E-state index contributed by atoms with van der Waals surface area (Å²) in [5, 5.41) is 6.27. The number of likely N-dealkylation sites (tertiary alicyclic amines) is 1. The maximum atomic E-state index is 12.8. The topological polar surface area (TPSA) is 74.3 Å². The monoisotopic (exact) mass is 570 g/mol. The van der Waals surface area contributed by atoms with E-state index in [-0.39, 0.29) is 11.9 Å². The SMILES string of the molecule is O=C(Nc1nc2ccccc2s1)c1ccc(C=C2CCN(C(=O)Nc3ccc(C(F)(F)F)cc3)CC2)cc1Cl. The van der Waals surface area contributed by atoms with Gasteiger partial charge in [-0.25, -0.2) is 9.78 Å². The van der Waals surface area contributed by atoms with Crippen molar-refractivity contribution in [2.75, 3.05) is 23.7 Å². The molecule has 0 spiro atoms. The standard InChI is InChI=1S/C28H22ClF3N4O2S/c29-22-16-18(5-10-21(22)25(37)35-26-34-23-3-1-2-4-24(23)39-26)15-17-11-13-36(14-12-17)27(38)33-20-8-6-19(7-9-20)28(30,31)32/h1-10,15-16H,11-14H2,(H,33,38)(H,34,35,37). The number of rotatable bonds is 4. The van der Waals surface area contributed by atoms with Crippen molar-refractivity contribution in [1.82, 2.24) is 9.88 Å². The molecule has 2 heterocycles. The number of hydrogen-bond acceptors (Lipinski definition) is 4. The summed E-state index contributed by atoms with van der Waals surface area (Å²) in [7, 11) is 0. The zero-order valence-electron chi connectivity index (χ0n) is 20.4. The van der Waals surface area contributed by atoms with E-state index in [4.69, 9.17) is 11.6 Å². The molecule has 4 aromatic rings. The molecular weight excluding hydrogens is 549 g/mol. The Morgan fingerprint density at radius 2 is 1.69 bits per heavy atom. The lowest BCUT2D eigenvalue weighted by molar-refractivity contribution is -0.137. The Labute approximate surface area is 231 Å². The number of hydrogen-bond donors (Lipinski definition) is 2. The van der Waals surface area contributed by atoms with Crippen molar-refractivity contribution >= 4 is 62.0 Å². The summed E-state index contributed by atoms with van der Waals surface area (Å²) in [5.74, 6) is -0.342. The van der Waals surface area contributed by atoms with Crippen LogP contribution in [0.1, 0.15) is 34.3 Å². The van der Waals surface area contributed by atoms with Crippen LogP contribution < -0.4 is 10.6 Å². The van der Waals surface area contributed by atoms with Crippen molar-refractivity contribution in [3.05, 3.63) is 94.0 Å². The van der Waals surface area contributed by atoms with Gasteiger partial charge in [0.15, 0.2) is 5.13 Å². The van der Waals surface area contributed by atoms with Crippen LogP contribution in [0.4, 0.5) is 28.8 Å². The number of nitrogens with one attached hydrogen (secondary N) is 2. The van der Waals surface area contributed by atoms with Gasteiger partial charge >= 0.3 is 12.2 Å². The number of carbonyl (C=O) groups excluding carboxylic acids is 2. The minimum Gasteiger partial charge on any atom is -0.324 e. The van der Waals surface area contributed by atoms with Crippen LogP contribution in [0.2, 0.25) is 5.02 Å². The number of halogens is 4. The van der Waals surface area contributed by atoms with Crippen molar-refractivity contribution in [1.29, 1.82) is 0 Å². The molecule has 0 aliphatic carbocycles. The van der Waals surface area contributed by atoms with Crippen molar-refractivity contribution in [3.8, 4) is 0 Å². The molecule has 11 heteroatoms. The number of thiazole rings is 1. The highest BCUT2D eigenvalue weighted by Crippen LogP contribution is 2.30. The predicted molar refractivity (Wildman–Crippen MR) is 148 cm³/mol. The molecule has 6 nitrogen and oxygen atoms in total. The first-order chi connectivity index (χ1) is 18.7. The number of carbonyl (C=O) groups is 2. The minimum absolute atomic E-state index is 0.302. The highest BCUT2D eigenvalue weighted by Gasteiger charge is 2.30. The lowest BCUT2D eigenvalue weighted by Crippen LogP contribution is -2.39. The van der Waals surface area contributed by atoms with E-state index in [1.165, 1.54) is 23.5 Å². The maximum Gasteiger partial charge on any atom is 0.416 e. The Hall–Kier alpha value is -3.89. The summed E-state index contributed by atoms with van der Waals surface area (Å²) in [4.78, 5) is 31.4. The van der Waals surface area contributed by atoms with Crippen LogP contribution in [-0.2, 0) is 6.18 Å². The van der Waals surface area contributed by atoms with E-state index in [0.29, 0.717) is 47.3 Å². The number of urea groups is 1. The summed E-state index contributed by atoms with van der Waals surface area (Å²) in [5.41, 5.74) is 2.65. The van der Waals surface area contributed by atoms with Gasteiger partial charge in [-0.15, -0.1) is 0 Å². The fourth-order valence-corrected chi connectivity index (χ4v) is 5.35. The van der Waals surface area contributed by atoms with Gasteiger partial charge in [-0.05, 0) is 66.9 Å². The van der Waals surface area contributed by atoms with Gasteiger partial charge in [0.2, 0.25) is 0 Å². The third-order valence-corrected chi connectivity index (χ3v) is 7.54. The molecule has 2 N–H and O–H groups in total. The number of anilines is 2. The molecule has 3 amide bonds. The first-order valence-corrected chi connectivity index (χ1v) is 13.2. The van der Waals surface area contributed by atoms with Crippen molar-refractivity contribution in [2.24, 2.45) is 0 Å². The lowest BCUT2D eigenvalue weighted by Gasteiger charge is -2.28. The quantitative estimate of drug-likeness (QED) is 0.262. The third-order valence-electron chi connectivity index (χ3n) is 6.28. The summed E-state index contributed by atoms with van der Waals surface area (Å²) in [6.07, 6.45) is -1.16. The molecular formula is C28H22ClF3N4O2S. The smallest absolute Gasteiger partial charge is 0.324 e. The van der Waals surface area contributed by atoms with Crippen molar-refractivity contribution in [2.45, 2.75) is 19.0 Å². The van der Waals surface area contributed by atoms with Crippen LogP contribution >= 0.6 is 22.9 Å². The van der Waals surface area contributed by atoms with Gasteiger partial charge in [0.05, 0.1) is 26.4 Å². The summed E-state index contributed by atoms with van der Waals surface area (Å²) in [6.45, 7) is 0.934. The van der Waals surface area contributed by atoms with E-state index >= 15 is 0 Å². The number of aromatic nitrogens is 1. The molecule has 0 radical (unpaired) electrons. The van der Waals surface area contributed by atoms with E-state index in [0.717, 1.165) is 33.5 Å². The van der Waals surface area contributed by atoms with Crippen molar-refractivity contribution < 1.29 is 22.8 Å². The molecule has 1 aliphatic heterocycles. The maximum absolute atomic E-state index is 12.8. The fraction of sp³-hybridized carbons (Fsp3) is 0.179. The summed E-state index contributed by atoms with van der Waals surface area (Å²) < 4.78 is 39.2. The molecule has 0 unspecified atom stereocenters. The number of nitrogens with zero attached hydrogens (tertiary/aromatic N) is 2. The highest BCUT2D eigenvalue weighted by molar-refractivity contribution is 7.22. The van der Waals surface area contributed by atoms with Crippen LogP contribution in [-0.4, -0.2) is 34.9 Å². The first-order valence-electron chi connectivity index (χ1n) is 12.0. The second-order valence-electron chi connectivity index (χ2n) is 8.98. The molecule has 0 atom stereocenters. The average molecular weight is 571 g/mol. The van der Waals surface area contributed by atoms with Gasteiger partial charge in [0, 0.05) is 18.8 Å². The Morgan fingerprint density at radius 1 is 0.974 bits per heavy atom. The van der Waals surface area contributed by atoms with Gasteiger partial charge in [-0.3, -0.25) is 10.1 Å². The Kier molecular flexibility index (Phi) is 7.58. The van der Waals surface area contributed by atoms with Gasteiger partial charge < -0.3 is 10.2 Å². The zero-order valence-corrected chi connectivity index (χ0v) is 22.0. The van der Waals surface area contributed by atoms with E-state index in [1.807, 2.05) is 36.4 Å². The third kappa shape index (κ3) is 6.40. The summed E-state index contributed by atoms with van der Waals surface area (Å²) in [6, 6.07) is 16.8. The second kappa shape index (κ2) is 11.1. The van der Waals surface area contributed by atoms with Crippen LogP contribution in [0.5, 0.6) is 0 Å². The fourth-order valence-electron chi connectivity index (χ4n) is 4.22. The molecule has 0 saturated carbocycles. The number of para-hydroxylation sites is 1. The number of amides is 3. The van der Waals surface area contributed by atoms with Gasteiger partial charge in [-0.2, -0.15) is 13.2 Å².